The minimum absolute atomic E-state index is 0.0156. The van der Waals surface area contributed by atoms with Gasteiger partial charge in [-0.3, -0.25) is 24.2 Å². The van der Waals surface area contributed by atoms with Gasteiger partial charge >= 0.3 is 6.03 Å². The highest BCUT2D eigenvalue weighted by Gasteiger charge is 2.29. The van der Waals surface area contributed by atoms with Gasteiger partial charge in [0.25, 0.3) is 5.91 Å². The number of rotatable bonds is 10. The summed E-state index contributed by atoms with van der Waals surface area (Å²) in [5.74, 6) is 4.13. The van der Waals surface area contributed by atoms with E-state index in [4.69, 9.17) is 0 Å². The van der Waals surface area contributed by atoms with Crippen LogP contribution in [0.3, 0.4) is 0 Å². The summed E-state index contributed by atoms with van der Waals surface area (Å²) in [7, 11) is 0. The van der Waals surface area contributed by atoms with Crippen molar-refractivity contribution in [1.29, 1.82) is 0 Å². The third kappa shape index (κ3) is 10.8. The number of nitrogens with one attached hydrogen (secondary N) is 2. The SMILES string of the molecule is Cc1c(NC(=O)c2ccc(C(C)(C)O)cc2F)cc(F)cc1-c1ncnc2[nH]c(-c3ccc(CN4CCN(C(=O)N5CCN(CCC#Cc6cccc(N7CCC(=O)CC7=O)c6)CC5)CC4)cc3)cc12. The zero-order valence-corrected chi connectivity index (χ0v) is 39.5. The molecule has 3 aliphatic heterocycles. The maximum atomic E-state index is 15.2. The van der Waals surface area contributed by atoms with Crippen molar-refractivity contribution in [1.82, 2.24) is 34.6 Å². The second kappa shape index (κ2) is 20.3. The number of carbonyl (C=O) groups is 4. The number of ketones is 1. The maximum absolute atomic E-state index is 15.2. The number of hydrogen-bond acceptors (Lipinski definition) is 9. The Kier molecular flexibility index (Phi) is 13.9. The number of nitrogens with zero attached hydrogens (tertiary/aromatic N) is 7. The summed E-state index contributed by atoms with van der Waals surface area (Å²) in [5.41, 5.74) is 5.40. The van der Waals surface area contributed by atoms with Crippen molar-refractivity contribution in [3.8, 4) is 34.4 Å². The number of aliphatic hydroxyl groups is 1. The highest BCUT2D eigenvalue weighted by atomic mass is 19.1. The molecule has 14 nitrogen and oxygen atoms in total. The summed E-state index contributed by atoms with van der Waals surface area (Å²) < 4.78 is 30.2. The molecule has 5 heterocycles. The van der Waals surface area contributed by atoms with Gasteiger partial charge in [-0.25, -0.2) is 23.5 Å². The van der Waals surface area contributed by atoms with Crippen molar-refractivity contribution in [2.75, 3.05) is 75.7 Å². The lowest BCUT2D eigenvalue weighted by molar-refractivity contribution is -0.128. The number of hydrogen-bond donors (Lipinski definition) is 3. The van der Waals surface area contributed by atoms with Crippen molar-refractivity contribution < 1.29 is 33.1 Å². The van der Waals surface area contributed by atoms with Gasteiger partial charge in [0, 0.05) is 118 Å². The molecular formula is C54H55F2N9O5. The second-order valence-corrected chi connectivity index (χ2v) is 18.7. The Hall–Kier alpha value is -7.32. The molecular weight excluding hydrogens is 893 g/mol. The van der Waals surface area contributed by atoms with Gasteiger partial charge in [-0.2, -0.15) is 0 Å². The largest absolute Gasteiger partial charge is 0.386 e. The lowest BCUT2D eigenvalue weighted by atomic mass is 9.96. The van der Waals surface area contributed by atoms with Crippen molar-refractivity contribution in [2.24, 2.45) is 0 Å². The fraction of sp³-hybridized carbons (Fsp3) is 0.333. The molecule has 6 aromatic rings. The highest BCUT2D eigenvalue weighted by molar-refractivity contribution is 6.08. The first-order valence-corrected chi connectivity index (χ1v) is 23.6. The minimum atomic E-state index is -1.29. The Morgan fingerprint density at radius 3 is 2.27 bits per heavy atom. The summed E-state index contributed by atoms with van der Waals surface area (Å²) in [5, 5.41) is 13.6. The van der Waals surface area contributed by atoms with Crippen LogP contribution in [0.4, 0.5) is 25.0 Å². The molecule has 4 aromatic carbocycles. The van der Waals surface area contributed by atoms with Crippen LogP contribution >= 0.6 is 0 Å². The van der Waals surface area contributed by atoms with E-state index in [1.807, 2.05) is 52.3 Å². The summed E-state index contributed by atoms with van der Waals surface area (Å²) in [6, 6.07) is 24.3. The molecule has 9 rings (SSSR count). The van der Waals surface area contributed by atoms with E-state index in [0.29, 0.717) is 79.0 Å². The summed E-state index contributed by atoms with van der Waals surface area (Å²) in [4.78, 5) is 73.4. The average Bonchev–Trinajstić information content (AvgIpc) is 3.79. The molecule has 3 N–H and O–H groups in total. The van der Waals surface area contributed by atoms with Crippen LogP contribution in [-0.2, 0) is 21.7 Å². The van der Waals surface area contributed by atoms with Gasteiger partial charge in [0.15, 0.2) is 0 Å². The van der Waals surface area contributed by atoms with Gasteiger partial charge < -0.3 is 30.1 Å². The second-order valence-electron chi connectivity index (χ2n) is 18.7. The number of benzene rings is 4. The van der Waals surface area contributed by atoms with E-state index < -0.39 is 23.1 Å². The molecule has 0 aliphatic carbocycles. The highest BCUT2D eigenvalue weighted by Crippen LogP contribution is 2.35. The van der Waals surface area contributed by atoms with Crippen molar-refractivity contribution in [3.63, 3.8) is 0 Å². The van der Waals surface area contributed by atoms with Gasteiger partial charge in [-0.1, -0.05) is 48.2 Å². The lowest BCUT2D eigenvalue weighted by Crippen LogP contribution is -2.56. The number of anilines is 2. The molecule has 0 unspecified atom stereocenters. The van der Waals surface area contributed by atoms with E-state index in [1.54, 1.807) is 11.8 Å². The molecule has 4 amide bonds. The Labute approximate surface area is 405 Å². The normalized spacial score (nSPS) is 16.1. The zero-order valence-electron chi connectivity index (χ0n) is 39.5. The van der Waals surface area contributed by atoms with Crippen LogP contribution < -0.4 is 10.2 Å². The number of piperidine rings is 1. The topological polar surface area (TPSA) is 158 Å². The molecule has 2 aromatic heterocycles. The van der Waals surface area contributed by atoms with Crippen molar-refractivity contribution in [3.05, 3.63) is 131 Å². The fourth-order valence-electron chi connectivity index (χ4n) is 9.26. The Morgan fingerprint density at radius 2 is 1.57 bits per heavy atom. The molecule has 0 saturated carbocycles. The predicted octanol–water partition coefficient (Wildman–Crippen LogP) is 7.35. The first-order valence-electron chi connectivity index (χ1n) is 23.6. The van der Waals surface area contributed by atoms with Crippen LogP contribution in [0.1, 0.15) is 65.7 Å². The molecule has 0 spiro atoms. The smallest absolute Gasteiger partial charge is 0.320 e. The first-order chi connectivity index (χ1) is 33.7. The third-order valence-corrected chi connectivity index (χ3v) is 13.4. The average molecular weight is 948 g/mol. The predicted molar refractivity (Wildman–Crippen MR) is 264 cm³/mol. The van der Waals surface area contributed by atoms with Gasteiger partial charge in [0.2, 0.25) is 5.91 Å². The summed E-state index contributed by atoms with van der Waals surface area (Å²) >= 11 is 0. The van der Waals surface area contributed by atoms with Gasteiger partial charge in [0.05, 0.1) is 23.3 Å². The molecule has 360 valence electrons. The molecule has 0 atom stereocenters. The number of amides is 4. The van der Waals surface area contributed by atoms with E-state index in [2.05, 4.69) is 54.0 Å². The van der Waals surface area contributed by atoms with E-state index in [-0.39, 0.29) is 35.4 Å². The van der Waals surface area contributed by atoms with Gasteiger partial charge in [-0.15, -0.1) is 0 Å². The number of H-pyrrole nitrogens is 1. The molecule has 0 radical (unpaired) electrons. The number of halogens is 2. The number of Topliss-reactive ketones (excluding diaryl/α,β-unsaturated/α-hetero) is 1. The monoisotopic (exact) mass is 947 g/mol. The van der Waals surface area contributed by atoms with E-state index in [1.165, 1.54) is 44.4 Å². The Morgan fingerprint density at radius 1 is 0.843 bits per heavy atom. The molecule has 3 fully saturated rings. The van der Waals surface area contributed by atoms with Crippen LogP contribution in [0.2, 0.25) is 0 Å². The fourth-order valence-corrected chi connectivity index (χ4v) is 9.26. The maximum Gasteiger partial charge on any atom is 0.320 e. The number of urea groups is 1. The summed E-state index contributed by atoms with van der Waals surface area (Å²) in [6.45, 7) is 12.5. The molecule has 16 heteroatoms. The van der Waals surface area contributed by atoms with Crippen LogP contribution in [0.5, 0.6) is 0 Å². The standard InChI is InChI=1S/C54H55F2N9O5/c1-35-44(29-40(55)30-47(35)60-52(68)43-15-14-39(28-46(43)56)54(2,3)70)50-45-32-48(59-51(45)58-34-57-50)38-12-10-37(11-13-38)33-62-21-25-64(26-22-62)53(69)63-23-19-61(20-24-63)17-5-4-7-36-8-6-9-41(27-36)65-18-16-42(66)31-49(65)67/h6,8-15,27-30,32,34,70H,5,16-26,31,33H2,1-3H3,(H,60,68)(H,57,58,59). The molecule has 70 heavy (non-hydrogen) atoms. The Balaban J connectivity index is 0.751. The molecule has 0 bridgehead atoms. The number of fused-ring (bicyclic) bond motifs is 1. The number of carbonyl (C=O) groups excluding carboxylic acids is 4. The zero-order chi connectivity index (χ0) is 49.1. The van der Waals surface area contributed by atoms with E-state index in [9.17, 15) is 24.3 Å². The van der Waals surface area contributed by atoms with Crippen LogP contribution in [-0.4, -0.2) is 129 Å². The van der Waals surface area contributed by atoms with Crippen molar-refractivity contribution >= 4 is 46.0 Å². The summed E-state index contributed by atoms with van der Waals surface area (Å²) in [6.07, 6.45) is 2.42. The number of aromatic amines is 1. The van der Waals surface area contributed by atoms with Gasteiger partial charge in [0.1, 0.15) is 29.4 Å². The van der Waals surface area contributed by atoms with Crippen LogP contribution in [0, 0.1) is 30.4 Å². The van der Waals surface area contributed by atoms with E-state index in [0.717, 1.165) is 73.4 Å². The van der Waals surface area contributed by atoms with Gasteiger partial charge in [-0.05, 0) is 91.6 Å². The number of aromatic nitrogens is 3. The first kappa shape index (κ1) is 47.7. The van der Waals surface area contributed by atoms with Crippen molar-refractivity contribution in [2.45, 2.75) is 52.2 Å². The minimum Gasteiger partial charge on any atom is -0.386 e. The van der Waals surface area contributed by atoms with E-state index >= 15 is 8.78 Å². The van der Waals surface area contributed by atoms with Crippen LogP contribution in [0.15, 0.2) is 91.3 Å². The van der Waals surface area contributed by atoms with Crippen LogP contribution in [0.25, 0.3) is 33.5 Å². The number of piperazine rings is 2. The molecule has 3 aliphatic rings. The quantitative estimate of drug-likeness (QED) is 0.0944. The third-order valence-electron chi connectivity index (χ3n) is 13.4. The Bertz CT molecular complexity index is 3030. The molecule has 3 saturated heterocycles. The lowest BCUT2D eigenvalue weighted by Gasteiger charge is -2.40.